The average Bonchev–Trinajstić information content (AvgIpc) is 2.92. The van der Waals surface area contributed by atoms with Gasteiger partial charge in [0.1, 0.15) is 23.0 Å². The third-order valence-corrected chi connectivity index (χ3v) is 6.42. The van der Waals surface area contributed by atoms with Crippen LogP contribution >= 0.6 is 11.3 Å². The van der Waals surface area contributed by atoms with Crippen LogP contribution in [-0.4, -0.2) is 27.1 Å². The number of nitrogens with one attached hydrogen (secondary N) is 1. The van der Waals surface area contributed by atoms with Crippen molar-refractivity contribution in [2.45, 2.75) is 65.8 Å². The van der Waals surface area contributed by atoms with Crippen LogP contribution in [-0.2, 0) is 17.6 Å². The van der Waals surface area contributed by atoms with Crippen molar-refractivity contribution >= 4 is 33.3 Å². The van der Waals surface area contributed by atoms with Crippen LogP contribution in [0.4, 0.5) is 5.82 Å². The summed E-state index contributed by atoms with van der Waals surface area (Å²) in [5, 5.41) is 13.6. The summed E-state index contributed by atoms with van der Waals surface area (Å²) in [5.41, 5.74) is 1.63. The van der Waals surface area contributed by atoms with E-state index in [0.29, 0.717) is 23.6 Å². The fraction of sp³-hybridized carbons (Fsp3) is 0.632. The maximum Gasteiger partial charge on any atom is 0.326 e. The molecular formula is C19H27N3O2S. The molecule has 2 atom stereocenters. The van der Waals surface area contributed by atoms with Gasteiger partial charge in [0.05, 0.1) is 5.39 Å². The molecule has 2 N–H and O–H groups in total. The number of carbonyl (C=O) groups is 1. The van der Waals surface area contributed by atoms with E-state index < -0.39 is 12.0 Å². The summed E-state index contributed by atoms with van der Waals surface area (Å²) in [4.78, 5) is 22.7. The van der Waals surface area contributed by atoms with E-state index in [4.69, 9.17) is 0 Å². The number of rotatable bonds is 5. The Bertz CT molecular complexity index is 779. The summed E-state index contributed by atoms with van der Waals surface area (Å²) in [5.74, 6) is 0.521. The number of thiophene rings is 1. The Kier molecular flexibility index (Phi) is 5.00. The number of nitrogens with zero attached hydrogens (tertiary/aromatic N) is 2. The number of hydrogen-bond donors (Lipinski definition) is 2. The molecule has 0 fully saturated rings. The molecule has 2 unspecified atom stereocenters. The highest BCUT2D eigenvalue weighted by atomic mass is 32.1. The summed E-state index contributed by atoms with van der Waals surface area (Å²) in [6, 6.07) is -0.607. The lowest BCUT2D eigenvalue weighted by Gasteiger charge is -2.33. The number of carboxylic acid groups (broad SMARTS) is 1. The van der Waals surface area contributed by atoms with E-state index >= 15 is 0 Å². The predicted octanol–water partition coefficient (Wildman–Crippen LogP) is 4.51. The van der Waals surface area contributed by atoms with Gasteiger partial charge < -0.3 is 10.4 Å². The number of aromatic nitrogens is 2. The molecule has 0 aromatic carbocycles. The molecule has 25 heavy (non-hydrogen) atoms. The fourth-order valence-corrected chi connectivity index (χ4v) is 4.94. The van der Waals surface area contributed by atoms with Crippen LogP contribution in [0.2, 0.25) is 0 Å². The predicted molar refractivity (Wildman–Crippen MR) is 102 cm³/mol. The minimum absolute atomic E-state index is 0.302. The van der Waals surface area contributed by atoms with Crippen molar-refractivity contribution in [3.63, 3.8) is 0 Å². The van der Waals surface area contributed by atoms with Crippen molar-refractivity contribution in [3.05, 3.63) is 16.8 Å². The van der Waals surface area contributed by atoms with E-state index in [9.17, 15) is 9.90 Å². The lowest BCUT2D eigenvalue weighted by atomic mass is 9.72. The molecule has 0 aliphatic heterocycles. The summed E-state index contributed by atoms with van der Waals surface area (Å²) in [6.07, 6.45) is 6.20. The molecule has 6 heteroatoms. The zero-order chi connectivity index (χ0) is 18.2. The molecule has 2 aromatic rings. The van der Waals surface area contributed by atoms with Crippen LogP contribution in [0.25, 0.3) is 10.2 Å². The van der Waals surface area contributed by atoms with E-state index in [-0.39, 0.29) is 0 Å². The monoisotopic (exact) mass is 361 g/mol. The van der Waals surface area contributed by atoms with E-state index in [1.807, 2.05) is 6.92 Å². The van der Waals surface area contributed by atoms with Gasteiger partial charge >= 0.3 is 5.97 Å². The molecule has 5 nitrogen and oxygen atoms in total. The summed E-state index contributed by atoms with van der Waals surface area (Å²) in [7, 11) is 0. The highest BCUT2D eigenvalue weighted by Gasteiger charge is 2.32. The summed E-state index contributed by atoms with van der Waals surface area (Å²) in [6.45, 7) is 8.92. The molecule has 1 aliphatic carbocycles. The smallest absolute Gasteiger partial charge is 0.326 e. The Balaban J connectivity index is 1.97. The normalized spacial score (nSPS) is 18.8. The molecule has 1 aliphatic rings. The third-order valence-electron chi connectivity index (χ3n) is 5.26. The van der Waals surface area contributed by atoms with Gasteiger partial charge in [0.25, 0.3) is 0 Å². The average molecular weight is 362 g/mol. The lowest BCUT2D eigenvalue weighted by molar-refractivity contribution is -0.138. The Hall–Kier alpha value is -1.69. The quantitative estimate of drug-likeness (QED) is 0.819. The molecular weight excluding hydrogens is 334 g/mol. The largest absolute Gasteiger partial charge is 0.480 e. The number of fused-ring (bicyclic) bond motifs is 3. The second-order valence-corrected chi connectivity index (χ2v) is 9.12. The standard InChI is InChI=1S/C19H27N3O2S/c1-5-6-13(18(23)24)22-16-15-12-8-7-11(19(2,3)4)9-14(12)25-17(15)21-10-20-16/h10-11,13H,5-9H2,1-4H3,(H,23,24)(H,20,21,22). The number of aryl methyl sites for hydroxylation is 1. The van der Waals surface area contributed by atoms with Crippen LogP contribution in [0.3, 0.4) is 0 Å². The van der Waals surface area contributed by atoms with Crippen molar-refractivity contribution < 1.29 is 9.90 Å². The molecule has 2 heterocycles. The van der Waals surface area contributed by atoms with Crippen LogP contribution in [0.1, 0.15) is 57.4 Å². The number of hydrogen-bond acceptors (Lipinski definition) is 5. The van der Waals surface area contributed by atoms with E-state index in [0.717, 1.165) is 35.9 Å². The Morgan fingerprint density at radius 3 is 2.84 bits per heavy atom. The molecule has 0 radical (unpaired) electrons. The van der Waals surface area contributed by atoms with Gasteiger partial charge in [-0.25, -0.2) is 14.8 Å². The highest BCUT2D eigenvalue weighted by molar-refractivity contribution is 7.19. The van der Waals surface area contributed by atoms with E-state index in [1.165, 1.54) is 10.4 Å². The van der Waals surface area contributed by atoms with Crippen LogP contribution in [0, 0.1) is 11.3 Å². The van der Waals surface area contributed by atoms with Gasteiger partial charge in [0.2, 0.25) is 0 Å². The number of carboxylic acids is 1. The molecule has 0 bridgehead atoms. The number of anilines is 1. The zero-order valence-corrected chi connectivity index (χ0v) is 16.2. The first-order valence-electron chi connectivity index (χ1n) is 9.05. The molecule has 0 saturated carbocycles. The zero-order valence-electron chi connectivity index (χ0n) is 15.4. The van der Waals surface area contributed by atoms with Gasteiger partial charge in [0, 0.05) is 4.88 Å². The van der Waals surface area contributed by atoms with Crippen molar-refractivity contribution in [2.24, 2.45) is 11.3 Å². The Labute approximate surface area is 152 Å². The van der Waals surface area contributed by atoms with Crippen LogP contribution in [0.15, 0.2) is 6.33 Å². The van der Waals surface area contributed by atoms with Gasteiger partial charge in [-0.3, -0.25) is 0 Å². The molecule has 3 rings (SSSR count). The van der Waals surface area contributed by atoms with Crippen molar-refractivity contribution in [1.29, 1.82) is 0 Å². The van der Waals surface area contributed by atoms with Crippen molar-refractivity contribution in [3.8, 4) is 0 Å². The molecule has 2 aromatic heterocycles. The molecule has 136 valence electrons. The fourth-order valence-electron chi connectivity index (χ4n) is 3.67. The minimum Gasteiger partial charge on any atom is -0.480 e. The maximum absolute atomic E-state index is 11.5. The molecule has 0 spiro atoms. The van der Waals surface area contributed by atoms with Crippen molar-refractivity contribution in [2.75, 3.05) is 5.32 Å². The Morgan fingerprint density at radius 1 is 1.44 bits per heavy atom. The van der Waals surface area contributed by atoms with Gasteiger partial charge in [-0.1, -0.05) is 34.1 Å². The molecule has 0 amide bonds. The van der Waals surface area contributed by atoms with Gasteiger partial charge in [0.15, 0.2) is 0 Å². The minimum atomic E-state index is -0.828. The first kappa shape index (κ1) is 18.1. The van der Waals surface area contributed by atoms with Crippen LogP contribution < -0.4 is 5.32 Å². The van der Waals surface area contributed by atoms with Gasteiger partial charge in [-0.15, -0.1) is 11.3 Å². The Morgan fingerprint density at radius 2 is 2.20 bits per heavy atom. The summed E-state index contributed by atoms with van der Waals surface area (Å²) < 4.78 is 0. The maximum atomic E-state index is 11.5. The number of aliphatic carboxylic acids is 1. The highest BCUT2D eigenvalue weighted by Crippen LogP contribution is 2.44. The van der Waals surface area contributed by atoms with E-state index in [2.05, 4.69) is 36.1 Å². The topological polar surface area (TPSA) is 75.1 Å². The SMILES string of the molecule is CCCC(Nc1ncnc2sc3c(c12)CCC(C(C)(C)C)C3)C(=O)O. The lowest BCUT2D eigenvalue weighted by Crippen LogP contribution is -2.29. The first-order chi connectivity index (χ1) is 11.8. The van der Waals surface area contributed by atoms with Gasteiger partial charge in [-0.2, -0.15) is 0 Å². The second-order valence-electron chi connectivity index (χ2n) is 8.04. The van der Waals surface area contributed by atoms with Gasteiger partial charge in [-0.05, 0) is 42.6 Å². The molecule has 0 saturated heterocycles. The third kappa shape index (κ3) is 3.64. The summed E-state index contributed by atoms with van der Waals surface area (Å²) >= 11 is 1.74. The van der Waals surface area contributed by atoms with E-state index in [1.54, 1.807) is 17.7 Å². The van der Waals surface area contributed by atoms with Crippen molar-refractivity contribution in [1.82, 2.24) is 9.97 Å². The second kappa shape index (κ2) is 6.90. The van der Waals surface area contributed by atoms with Crippen LogP contribution in [0.5, 0.6) is 0 Å². The first-order valence-corrected chi connectivity index (χ1v) is 9.87.